The molecule has 23 heavy (non-hydrogen) atoms. The summed E-state index contributed by atoms with van der Waals surface area (Å²) in [5.74, 6) is 0. The number of amides is 1. The third-order valence-electron chi connectivity index (χ3n) is 3.18. The summed E-state index contributed by atoms with van der Waals surface area (Å²) in [7, 11) is -3.59. The average Bonchev–Trinajstić information content (AvgIpc) is 2.44. The molecule has 1 saturated heterocycles. The Bertz CT molecular complexity index is 571. The van der Waals surface area contributed by atoms with E-state index in [1.165, 1.54) is 9.21 Å². The van der Waals surface area contributed by atoms with Gasteiger partial charge in [0.2, 0.25) is 10.0 Å². The first-order chi connectivity index (χ1) is 10.5. The van der Waals surface area contributed by atoms with Crippen LogP contribution in [-0.2, 0) is 14.8 Å². The second-order valence-electron chi connectivity index (χ2n) is 6.16. The number of alkyl halides is 2. The quantitative estimate of drug-likeness (QED) is 0.583. The monoisotopic (exact) mass is 473 g/mol. The van der Waals surface area contributed by atoms with Crippen molar-refractivity contribution in [2.45, 2.75) is 43.0 Å². The molecule has 10 heteroatoms. The average molecular weight is 475 g/mol. The first-order valence-corrected chi connectivity index (χ1v) is 10.6. The van der Waals surface area contributed by atoms with E-state index < -0.39 is 31.9 Å². The smallest absolute Gasteiger partial charge is 0.410 e. The molecule has 1 aliphatic heterocycles. The van der Waals surface area contributed by atoms with Gasteiger partial charge in [-0.15, -0.1) is 0 Å². The second-order valence-corrected chi connectivity index (χ2v) is 10.6. The Morgan fingerprint density at radius 1 is 1.43 bits per heavy atom. The van der Waals surface area contributed by atoms with Crippen molar-refractivity contribution in [3.63, 3.8) is 0 Å². The van der Waals surface area contributed by atoms with Crippen molar-refractivity contribution in [3.05, 3.63) is 0 Å². The number of ether oxygens (including phenoxy) is 1. The van der Waals surface area contributed by atoms with Gasteiger partial charge in [-0.25, -0.2) is 13.2 Å². The van der Waals surface area contributed by atoms with Gasteiger partial charge in [0.25, 0.3) is 0 Å². The Morgan fingerprint density at radius 2 is 2.04 bits per heavy atom. The highest BCUT2D eigenvalue weighted by atomic mass is 79.9. The minimum Gasteiger partial charge on any atom is -0.444 e. The first-order valence-electron chi connectivity index (χ1n) is 7.08. The van der Waals surface area contributed by atoms with Gasteiger partial charge in [-0.05, 0) is 20.8 Å². The number of nitriles is 1. The molecule has 0 bridgehead atoms. The molecule has 0 N–H and O–H groups in total. The summed E-state index contributed by atoms with van der Waals surface area (Å²) in [5, 5.41) is 9.22. The van der Waals surface area contributed by atoms with Gasteiger partial charge < -0.3 is 9.64 Å². The molecule has 7 nitrogen and oxygen atoms in total. The normalized spacial score (nSPS) is 21.6. The minimum absolute atomic E-state index is 0.0144. The molecule has 0 radical (unpaired) electrons. The Balaban J connectivity index is 2.91. The number of hydrogen-bond acceptors (Lipinski definition) is 5. The summed E-state index contributed by atoms with van der Waals surface area (Å²) >= 11 is 6.27. The van der Waals surface area contributed by atoms with Crippen LogP contribution in [0.4, 0.5) is 4.79 Å². The molecule has 1 rings (SSSR count). The molecule has 0 aromatic heterocycles. The third kappa shape index (κ3) is 5.59. The number of carbonyl (C=O) groups excluding carboxylic acids is 1. The van der Waals surface area contributed by atoms with Crippen LogP contribution in [-0.4, -0.2) is 64.5 Å². The van der Waals surface area contributed by atoms with Crippen molar-refractivity contribution in [1.82, 2.24) is 9.21 Å². The molecule has 1 aliphatic rings. The van der Waals surface area contributed by atoms with Crippen molar-refractivity contribution in [2.24, 2.45) is 0 Å². The van der Waals surface area contributed by atoms with E-state index in [-0.39, 0.29) is 31.4 Å². The Hall–Kier alpha value is -0.370. The molecule has 132 valence electrons. The summed E-state index contributed by atoms with van der Waals surface area (Å²) in [6, 6.07) is 1.41. The van der Waals surface area contributed by atoms with Crippen LogP contribution in [0.5, 0.6) is 0 Å². The first kappa shape index (κ1) is 20.7. The molecule has 0 aromatic rings. The van der Waals surface area contributed by atoms with Crippen LogP contribution in [0.1, 0.15) is 27.2 Å². The third-order valence-corrected chi connectivity index (χ3v) is 8.81. The molecule has 0 aromatic carbocycles. The Kier molecular flexibility index (Phi) is 7.32. The van der Waals surface area contributed by atoms with E-state index in [1.54, 1.807) is 20.8 Å². The fourth-order valence-electron chi connectivity index (χ4n) is 2.16. The fraction of sp³-hybridized carbons (Fsp3) is 0.846. The number of hydrogen-bond donors (Lipinski definition) is 0. The van der Waals surface area contributed by atoms with E-state index in [9.17, 15) is 13.2 Å². The van der Waals surface area contributed by atoms with Gasteiger partial charge in [-0.2, -0.15) is 9.57 Å². The van der Waals surface area contributed by atoms with E-state index in [0.717, 1.165) is 0 Å². The van der Waals surface area contributed by atoms with Gasteiger partial charge in [-0.3, -0.25) is 0 Å². The zero-order valence-corrected chi connectivity index (χ0v) is 17.3. The lowest BCUT2D eigenvalue weighted by Gasteiger charge is -2.40. The highest BCUT2D eigenvalue weighted by Gasteiger charge is 2.40. The van der Waals surface area contributed by atoms with Crippen LogP contribution in [0.25, 0.3) is 0 Å². The molecule has 0 aliphatic carbocycles. The van der Waals surface area contributed by atoms with Gasteiger partial charge in [0.1, 0.15) is 9.76 Å². The highest BCUT2D eigenvalue weighted by Crippen LogP contribution is 2.24. The second kappa shape index (κ2) is 8.14. The lowest BCUT2D eigenvalue weighted by Crippen LogP contribution is -2.58. The molecule has 2 unspecified atom stereocenters. The zero-order chi connectivity index (χ0) is 17.8. The van der Waals surface area contributed by atoms with Crippen molar-refractivity contribution < 1.29 is 17.9 Å². The van der Waals surface area contributed by atoms with Crippen molar-refractivity contribution >= 4 is 48.0 Å². The number of carbonyl (C=O) groups is 1. The van der Waals surface area contributed by atoms with E-state index in [1.807, 2.05) is 6.07 Å². The van der Waals surface area contributed by atoms with E-state index >= 15 is 0 Å². The summed E-state index contributed by atoms with van der Waals surface area (Å²) < 4.78 is 30.9. The van der Waals surface area contributed by atoms with Gasteiger partial charge in [0.15, 0.2) is 0 Å². The lowest BCUT2D eigenvalue weighted by molar-refractivity contribution is 0.0135. The largest absolute Gasteiger partial charge is 0.444 e. The van der Waals surface area contributed by atoms with E-state index in [0.29, 0.717) is 0 Å². The van der Waals surface area contributed by atoms with Crippen LogP contribution in [0.15, 0.2) is 0 Å². The van der Waals surface area contributed by atoms with Gasteiger partial charge in [0, 0.05) is 25.0 Å². The zero-order valence-electron chi connectivity index (χ0n) is 13.3. The molecule has 2 atom stereocenters. The predicted molar refractivity (Wildman–Crippen MR) is 94.0 cm³/mol. The standard InChI is InChI=1S/C13H21Br2N3O4S/c1-13(2,3)22-12(19)17-6-7-18(10(9-17)4-5-16)23(20,21)11(15)8-14/h10-11H,4,6-9H2,1-3H3. The summed E-state index contributed by atoms with van der Waals surface area (Å²) in [6.45, 7) is 5.82. The van der Waals surface area contributed by atoms with Gasteiger partial charge in [0.05, 0.1) is 18.5 Å². The van der Waals surface area contributed by atoms with Crippen molar-refractivity contribution in [1.29, 1.82) is 5.26 Å². The molecule has 1 heterocycles. The van der Waals surface area contributed by atoms with E-state index in [4.69, 9.17) is 10.00 Å². The van der Waals surface area contributed by atoms with Crippen LogP contribution < -0.4 is 0 Å². The maximum Gasteiger partial charge on any atom is 0.410 e. The number of piperazine rings is 1. The number of rotatable bonds is 4. The van der Waals surface area contributed by atoms with E-state index in [2.05, 4.69) is 31.9 Å². The topological polar surface area (TPSA) is 90.7 Å². The maximum atomic E-state index is 12.5. The maximum absolute atomic E-state index is 12.5. The summed E-state index contributed by atoms with van der Waals surface area (Å²) in [5.41, 5.74) is -0.623. The van der Waals surface area contributed by atoms with Crippen LogP contribution in [0.2, 0.25) is 0 Å². The summed E-state index contributed by atoms with van der Waals surface area (Å²) in [6.07, 6.45) is -0.478. The lowest BCUT2D eigenvalue weighted by atomic mass is 10.1. The van der Waals surface area contributed by atoms with Crippen molar-refractivity contribution in [3.8, 4) is 6.07 Å². The molecule has 0 saturated carbocycles. The Morgan fingerprint density at radius 3 is 2.52 bits per heavy atom. The van der Waals surface area contributed by atoms with Gasteiger partial charge in [-0.1, -0.05) is 31.9 Å². The fourth-order valence-corrected chi connectivity index (χ4v) is 5.16. The predicted octanol–water partition coefficient (Wildman–Crippen LogP) is 2.27. The molecular formula is C13H21Br2N3O4S. The van der Waals surface area contributed by atoms with Gasteiger partial charge >= 0.3 is 6.09 Å². The Labute approximate surface area is 154 Å². The molecular weight excluding hydrogens is 454 g/mol. The SMILES string of the molecule is CC(C)(C)OC(=O)N1CCN(S(=O)(=O)C(Br)CBr)C(CC#N)C1. The molecule has 1 fully saturated rings. The number of nitrogens with zero attached hydrogens (tertiary/aromatic N) is 3. The highest BCUT2D eigenvalue weighted by molar-refractivity contribution is 9.13. The van der Waals surface area contributed by atoms with Crippen LogP contribution in [0, 0.1) is 11.3 Å². The van der Waals surface area contributed by atoms with Crippen LogP contribution in [0.3, 0.4) is 0 Å². The van der Waals surface area contributed by atoms with Crippen molar-refractivity contribution in [2.75, 3.05) is 25.0 Å². The minimum atomic E-state index is -3.59. The molecule has 0 spiro atoms. The number of sulfonamides is 1. The molecule has 1 amide bonds. The summed E-state index contributed by atoms with van der Waals surface area (Å²) in [4.78, 5) is 13.6. The van der Waals surface area contributed by atoms with Crippen LogP contribution >= 0.6 is 31.9 Å². The number of halogens is 2.